The fourth-order valence-electron chi connectivity index (χ4n) is 2.58. The summed E-state index contributed by atoms with van der Waals surface area (Å²) >= 11 is 4.75. The van der Waals surface area contributed by atoms with Crippen molar-refractivity contribution in [2.24, 2.45) is 0 Å². The molecule has 3 rings (SSSR count). The number of aromatic nitrogens is 1. The molecule has 3 aromatic rings. The van der Waals surface area contributed by atoms with Gasteiger partial charge in [-0.3, -0.25) is 4.79 Å². The third kappa shape index (κ3) is 6.04. The molecule has 0 aliphatic heterocycles. The fourth-order valence-corrected chi connectivity index (χ4v) is 3.91. The fraction of sp³-hybridized carbons (Fsp3) is 0.200. The minimum absolute atomic E-state index is 0.0202. The zero-order chi connectivity index (χ0) is 20.8. The number of carbonyl (C=O) groups is 1. The van der Waals surface area contributed by atoms with Gasteiger partial charge in [0.25, 0.3) is 5.91 Å². The molecule has 0 saturated heterocycles. The van der Waals surface area contributed by atoms with Gasteiger partial charge in [0, 0.05) is 27.5 Å². The SMILES string of the molecule is Cc1cc(CSc2ccccc2C(=O)NCc2cc(Br)ccc2OC(F)F)on1. The third-order valence-electron chi connectivity index (χ3n) is 3.86. The zero-order valence-corrected chi connectivity index (χ0v) is 17.7. The van der Waals surface area contributed by atoms with Crippen molar-refractivity contribution in [1.82, 2.24) is 10.5 Å². The number of ether oxygens (including phenoxy) is 1. The van der Waals surface area contributed by atoms with Crippen LogP contribution in [0.3, 0.4) is 0 Å². The number of nitrogens with one attached hydrogen (secondary N) is 1. The number of rotatable bonds is 8. The van der Waals surface area contributed by atoms with Crippen LogP contribution in [0.15, 0.2) is 62.4 Å². The average molecular weight is 483 g/mol. The summed E-state index contributed by atoms with van der Waals surface area (Å²) in [5, 5.41) is 6.61. The lowest BCUT2D eigenvalue weighted by Crippen LogP contribution is -2.24. The van der Waals surface area contributed by atoms with Gasteiger partial charge in [-0.2, -0.15) is 8.78 Å². The lowest BCUT2D eigenvalue weighted by molar-refractivity contribution is -0.0504. The summed E-state index contributed by atoms with van der Waals surface area (Å²) in [5.74, 6) is 0.950. The quantitative estimate of drug-likeness (QED) is 0.425. The number of thioether (sulfide) groups is 1. The minimum atomic E-state index is -2.94. The Morgan fingerprint density at radius 2 is 2.07 bits per heavy atom. The summed E-state index contributed by atoms with van der Waals surface area (Å²) < 4.78 is 35.6. The van der Waals surface area contributed by atoms with Gasteiger partial charge in [-0.05, 0) is 37.3 Å². The van der Waals surface area contributed by atoms with Crippen LogP contribution < -0.4 is 10.1 Å². The van der Waals surface area contributed by atoms with E-state index in [1.165, 1.54) is 17.8 Å². The highest BCUT2D eigenvalue weighted by Crippen LogP contribution is 2.28. The molecule has 0 saturated carbocycles. The molecular formula is C20H17BrF2N2O3S. The van der Waals surface area contributed by atoms with E-state index >= 15 is 0 Å². The molecule has 29 heavy (non-hydrogen) atoms. The highest BCUT2D eigenvalue weighted by molar-refractivity contribution is 9.10. The maximum absolute atomic E-state index is 12.7. The lowest BCUT2D eigenvalue weighted by atomic mass is 10.1. The molecule has 0 aliphatic rings. The molecule has 1 aromatic heterocycles. The van der Waals surface area contributed by atoms with Crippen molar-refractivity contribution in [3.8, 4) is 5.75 Å². The maximum Gasteiger partial charge on any atom is 0.387 e. The Labute approximate surface area is 178 Å². The predicted molar refractivity (Wildman–Crippen MR) is 109 cm³/mol. The molecule has 0 aliphatic carbocycles. The molecule has 1 heterocycles. The first-order valence-corrected chi connectivity index (χ1v) is 10.4. The van der Waals surface area contributed by atoms with E-state index in [4.69, 9.17) is 4.52 Å². The van der Waals surface area contributed by atoms with E-state index in [2.05, 4.69) is 31.1 Å². The van der Waals surface area contributed by atoms with Crippen LogP contribution in [0.25, 0.3) is 0 Å². The molecule has 1 amide bonds. The Kier molecular flexibility index (Phi) is 7.27. The summed E-state index contributed by atoms with van der Waals surface area (Å²) in [6, 6.07) is 13.7. The second-order valence-corrected chi connectivity index (χ2v) is 7.97. The van der Waals surface area contributed by atoms with Crippen LogP contribution in [0, 0.1) is 6.92 Å². The van der Waals surface area contributed by atoms with Crippen molar-refractivity contribution in [3.05, 3.63) is 75.6 Å². The van der Waals surface area contributed by atoms with Crippen molar-refractivity contribution in [2.75, 3.05) is 0 Å². The molecule has 0 spiro atoms. The number of halogens is 3. The van der Waals surface area contributed by atoms with Gasteiger partial charge >= 0.3 is 6.61 Å². The summed E-state index contributed by atoms with van der Waals surface area (Å²) in [4.78, 5) is 13.5. The molecule has 0 unspecified atom stereocenters. The zero-order valence-electron chi connectivity index (χ0n) is 15.3. The third-order valence-corrected chi connectivity index (χ3v) is 5.45. The van der Waals surface area contributed by atoms with E-state index < -0.39 is 6.61 Å². The van der Waals surface area contributed by atoms with Crippen molar-refractivity contribution < 1.29 is 22.8 Å². The average Bonchev–Trinajstić information content (AvgIpc) is 3.11. The van der Waals surface area contributed by atoms with Crippen molar-refractivity contribution >= 4 is 33.6 Å². The normalized spacial score (nSPS) is 10.9. The van der Waals surface area contributed by atoms with Crippen LogP contribution in [-0.2, 0) is 12.3 Å². The maximum atomic E-state index is 12.7. The van der Waals surface area contributed by atoms with Gasteiger partial charge in [-0.25, -0.2) is 0 Å². The lowest BCUT2D eigenvalue weighted by Gasteiger charge is -2.13. The van der Waals surface area contributed by atoms with Gasteiger partial charge in [0.2, 0.25) is 0 Å². The number of amides is 1. The first kappa shape index (κ1) is 21.3. The minimum Gasteiger partial charge on any atom is -0.434 e. The van der Waals surface area contributed by atoms with E-state index in [9.17, 15) is 13.6 Å². The smallest absolute Gasteiger partial charge is 0.387 e. The summed E-state index contributed by atoms with van der Waals surface area (Å²) in [7, 11) is 0. The number of hydrogen-bond acceptors (Lipinski definition) is 5. The van der Waals surface area contributed by atoms with Gasteiger partial charge in [0.1, 0.15) is 11.5 Å². The number of hydrogen-bond donors (Lipinski definition) is 1. The van der Waals surface area contributed by atoms with Crippen LogP contribution >= 0.6 is 27.7 Å². The first-order valence-electron chi connectivity index (χ1n) is 8.58. The molecular weight excluding hydrogens is 466 g/mol. The van der Waals surface area contributed by atoms with Gasteiger partial charge in [0.15, 0.2) is 0 Å². The molecule has 1 N–H and O–H groups in total. The monoisotopic (exact) mass is 482 g/mol. The molecule has 0 bridgehead atoms. The van der Waals surface area contributed by atoms with Crippen molar-refractivity contribution in [3.63, 3.8) is 0 Å². The Morgan fingerprint density at radius 1 is 1.28 bits per heavy atom. The molecule has 0 atom stereocenters. The van der Waals surface area contributed by atoms with Gasteiger partial charge in [-0.1, -0.05) is 33.2 Å². The van der Waals surface area contributed by atoms with Crippen molar-refractivity contribution in [2.45, 2.75) is 30.7 Å². The van der Waals surface area contributed by atoms with E-state index in [0.29, 0.717) is 27.1 Å². The van der Waals surface area contributed by atoms with E-state index in [1.54, 1.807) is 24.3 Å². The summed E-state index contributed by atoms with van der Waals surface area (Å²) in [6.07, 6.45) is 0. The molecule has 2 aromatic carbocycles. The highest BCUT2D eigenvalue weighted by atomic mass is 79.9. The number of aryl methyl sites for hydroxylation is 1. The van der Waals surface area contributed by atoms with Crippen LogP contribution in [-0.4, -0.2) is 17.7 Å². The molecule has 5 nitrogen and oxygen atoms in total. The van der Waals surface area contributed by atoms with Crippen LogP contribution in [0.4, 0.5) is 8.78 Å². The van der Waals surface area contributed by atoms with Gasteiger partial charge < -0.3 is 14.6 Å². The number of nitrogens with zero attached hydrogens (tertiary/aromatic N) is 1. The topological polar surface area (TPSA) is 64.4 Å². The Balaban J connectivity index is 1.69. The predicted octanol–water partition coefficient (Wildman–Crippen LogP) is 5.57. The summed E-state index contributed by atoms with van der Waals surface area (Å²) in [6.45, 7) is -1.06. The number of benzene rings is 2. The Bertz CT molecular complexity index is 997. The highest BCUT2D eigenvalue weighted by Gasteiger charge is 2.15. The number of alkyl halides is 2. The van der Waals surface area contributed by atoms with Gasteiger partial charge in [-0.15, -0.1) is 11.8 Å². The molecule has 9 heteroatoms. The van der Waals surface area contributed by atoms with E-state index in [1.807, 2.05) is 25.1 Å². The molecule has 152 valence electrons. The van der Waals surface area contributed by atoms with Crippen LogP contribution in [0.5, 0.6) is 5.75 Å². The molecule has 0 fully saturated rings. The Hall–Kier alpha value is -2.39. The van der Waals surface area contributed by atoms with Crippen LogP contribution in [0.1, 0.15) is 27.4 Å². The van der Waals surface area contributed by atoms with E-state index in [0.717, 1.165) is 10.6 Å². The first-order chi connectivity index (χ1) is 13.9. The van der Waals surface area contributed by atoms with Gasteiger partial charge in [0.05, 0.1) is 17.0 Å². The second-order valence-electron chi connectivity index (χ2n) is 6.03. The Morgan fingerprint density at radius 3 is 2.79 bits per heavy atom. The largest absolute Gasteiger partial charge is 0.434 e. The van der Waals surface area contributed by atoms with Crippen molar-refractivity contribution in [1.29, 1.82) is 0 Å². The van der Waals surface area contributed by atoms with Crippen LogP contribution in [0.2, 0.25) is 0 Å². The van der Waals surface area contributed by atoms with E-state index in [-0.39, 0.29) is 18.2 Å². The second kappa shape index (κ2) is 9.89. The standard InChI is InChI=1S/C20H17BrF2N2O3S/c1-12-8-15(28-25-12)11-29-18-5-3-2-4-16(18)19(26)24-10-13-9-14(21)6-7-17(13)27-20(22)23/h2-9,20H,10-11H2,1H3,(H,24,26). The number of carbonyl (C=O) groups excluding carboxylic acids is 1. The molecule has 0 radical (unpaired) electrons. The summed E-state index contributed by atoms with van der Waals surface area (Å²) in [5.41, 5.74) is 1.72.